The van der Waals surface area contributed by atoms with Gasteiger partial charge in [-0.2, -0.15) is 0 Å². The van der Waals surface area contributed by atoms with E-state index in [1.807, 2.05) is 0 Å². The van der Waals surface area contributed by atoms with Gasteiger partial charge in [-0.1, -0.05) is 11.2 Å². The zero-order chi connectivity index (χ0) is 15.7. The zero-order valence-electron chi connectivity index (χ0n) is 10.3. The van der Waals surface area contributed by atoms with Crippen LogP contribution >= 0.6 is 0 Å². The average molecular weight is 319 g/mol. The molecule has 0 unspecified atom stereocenters. The van der Waals surface area contributed by atoms with Crippen molar-refractivity contribution in [3.8, 4) is 0 Å². The molecule has 1 atom stereocenters. The number of esters is 1. The van der Waals surface area contributed by atoms with Gasteiger partial charge in [0.25, 0.3) is 0 Å². The van der Waals surface area contributed by atoms with Crippen LogP contribution in [-0.2, 0) is 40.6 Å². The van der Waals surface area contributed by atoms with Crippen LogP contribution in [0, 0.1) is 20.0 Å². The average Bonchev–Trinajstić information content (AvgIpc) is 2.47. The normalized spacial score (nSPS) is 13.3. The van der Waals surface area contributed by atoms with E-state index >= 15 is 0 Å². The number of allylic oxidation sites excluding steroid dienone is 1. The fourth-order valence-electron chi connectivity index (χ4n) is 0.983. The second-order valence-corrected chi connectivity index (χ2v) is 2.57. The molecule has 1 aliphatic rings. The van der Waals surface area contributed by atoms with Gasteiger partial charge in [0.1, 0.15) is 5.76 Å². The number of hydrogen-bond donors (Lipinski definition) is 0. The Bertz CT molecular complexity index is 419. The number of carbonyl (C=O) groups excluding carboxylic acids is 1. The van der Waals surface area contributed by atoms with Crippen LogP contribution in [0.1, 0.15) is 13.3 Å². The van der Waals surface area contributed by atoms with Crippen molar-refractivity contribution in [3.05, 3.63) is 54.4 Å². The van der Waals surface area contributed by atoms with Crippen LogP contribution in [0.3, 0.4) is 0 Å². The molecule has 20 heavy (non-hydrogen) atoms. The van der Waals surface area contributed by atoms with Crippen molar-refractivity contribution in [2.45, 2.75) is 19.4 Å². The predicted molar refractivity (Wildman–Crippen MR) is 58.3 cm³/mol. The van der Waals surface area contributed by atoms with Crippen LogP contribution in [0.15, 0.2) is 29.1 Å². The molecule has 106 valence electrons. The standard InChI is InChI=1S/C8H9N3O2.3CO.Fe/c1-6(12)13-8-4-2-7(3-5-8)10-11-9;3*1-2;/h2,4-5,7H,3H2,1H3;;;;/t7-;;;;/m0..../s1. The van der Waals surface area contributed by atoms with Gasteiger partial charge in [-0.25, -0.2) is 0 Å². The summed E-state index contributed by atoms with van der Waals surface area (Å²) in [5.74, 6) is 0.162. The second kappa shape index (κ2) is 22.2. The summed E-state index contributed by atoms with van der Waals surface area (Å²) in [6, 6.07) is -0.163. The van der Waals surface area contributed by atoms with Gasteiger partial charge in [-0.15, -0.1) is 0 Å². The molecule has 0 spiro atoms. The number of azide groups is 1. The molecule has 0 aromatic heterocycles. The Morgan fingerprint density at radius 2 is 1.90 bits per heavy atom. The Morgan fingerprint density at radius 1 is 1.40 bits per heavy atom. The molecular weight excluding hydrogens is 310 g/mol. The van der Waals surface area contributed by atoms with Crippen molar-refractivity contribution in [2.75, 3.05) is 0 Å². The van der Waals surface area contributed by atoms with Gasteiger partial charge in [0.05, 0.1) is 6.04 Å². The quantitative estimate of drug-likeness (QED) is 0.146. The molecule has 0 bridgehead atoms. The van der Waals surface area contributed by atoms with E-state index in [2.05, 4.69) is 30.0 Å². The number of rotatable bonds is 2. The van der Waals surface area contributed by atoms with Crippen molar-refractivity contribution in [1.29, 1.82) is 0 Å². The third-order valence-corrected chi connectivity index (χ3v) is 1.50. The summed E-state index contributed by atoms with van der Waals surface area (Å²) < 4.78 is 27.3. The van der Waals surface area contributed by atoms with E-state index in [4.69, 9.17) is 24.2 Å². The third-order valence-electron chi connectivity index (χ3n) is 1.50. The van der Waals surface area contributed by atoms with Crippen molar-refractivity contribution in [1.82, 2.24) is 0 Å². The molecule has 1 aliphatic carbocycles. The molecular formula is C11H9FeN3O5. The van der Waals surface area contributed by atoms with Crippen LogP contribution in [-0.4, -0.2) is 12.0 Å². The minimum absolute atomic E-state index is 0. The summed E-state index contributed by atoms with van der Waals surface area (Å²) in [5.41, 5.74) is 8.15. The van der Waals surface area contributed by atoms with Gasteiger partial charge < -0.3 is 4.74 Å². The van der Waals surface area contributed by atoms with Crippen molar-refractivity contribution < 1.29 is 40.6 Å². The Balaban J connectivity index is -0.000000162. The molecule has 0 fully saturated rings. The summed E-state index contributed by atoms with van der Waals surface area (Å²) in [4.78, 5) is 13.2. The molecule has 1 rings (SSSR count). The topological polar surface area (TPSA) is 135 Å². The molecule has 0 saturated carbocycles. The smallest absolute Gasteiger partial charge is 0 e. The molecule has 0 amide bonds. The summed E-state index contributed by atoms with van der Waals surface area (Å²) in [6.07, 6.45) is 5.63. The minimum Gasteiger partial charge on any atom is 0 e. The van der Waals surface area contributed by atoms with E-state index in [0.717, 1.165) is 0 Å². The van der Waals surface area contributed by atoms with Crippen molar-refractivity contribution in [2.24, 2.45) is 5.11 Å². The van der Waals surface area contributed by atoms with Crippen LogP contribution in [0.5, 0.6) is 0 Å². The van der Waals surface area contributed by atoms with Gasteiger partial charge in [-0.05, 0) is 24.1 Å². The number of ether oxygens (including phenoxy) is 1. The van der Waals surface area contributed by atoms with Gasteiger partial charge in [0, 0.05) is 28.9 Å². The maximum absolute atomic E-state index is 10.5. The fraction of sp³-hybridized carbons (Fsp3) is 0.273. The van der Waals surface area contributed by atoms with E-state index in [1.165, 1.54) is 6.92 Å². The van der Waals surface area contributed by atoms with Crippen LogP contribution < -0.4 is 0 Å². The van der Waals surface area contributed by atoms with E-state index in [9.17, 15) is 4.79 Å². The van der Waals surface area contributed by atoms with Crippen molar-refractivity contribution >= 4 is 5.97 Å². The van der Waals surface area contributed by atoms with E-state index < -0.39 is 0 Å². The third kappa shape index (κ3) is 16.0. The van der Waals surface area contributed by atoms with Crippen LogP contribution in [0.25, 0.3) is 10.4 Å². The van der Waals surface area contributed by atoms with E-state index in [-0.39, 0.29) is 29.1 Å². The Labute approximate surface area is 126 Å². The first-order valence-corrected chi connectivity index (χ1v) is 4.44. The van der Waals surface area contributed by atoms with Crippen LogP contribution in [0.2, 0.25) is 0 Å². The van der Waals surface area contributed by atoms with Crippen molar-refractivity contribution in [3.63, 3.8) is 0 Å². The first-order chi connectivity index (χ1) is 9.22. The summed E-state index contributed by atoms with van der Waals surface area (Å²) in [7, 11) is 0. The summed E-state index contributed by atoms with van der Waals surface area (Å²) >= 11 is 0. The van der Waals surface area contributed by atoms with Gasteiger partial charge >= 0.3 is 39.9 Å². The molecule has 0 radical (unpaired) electrons. The monoisotopic (exact) mass is 319 g/mol. The van der Waals surface area contributed by atoms with Gasteiger partial charge in [0.15, 0.2) is 0 Å². The largest absolute Gasteiger partial charge is 0 e. The fourth-order valence-corrected chi connectivity index (χ4v) is 0.983. The molecule has 9 heteroatoms. The Morgan fingerprint density at radius 3 is 2.20 bits per heavy atom. The molecule has 0 heterocycles. The number of nitrogens with zero attached hydrogens (tertiary/aromatic N) is 3. The zero-order valence-corrected chi connectivity index (χ0v) is 11.4. The van der Waals surface area contributed by atoms with Gasteiger partial charge in [0.2, 0.25) is 0 Å². The minimum atomic E-state index is -0.349. The molecule has 8 nitrogen and oxygen atoms in total. The molecule has 0 saturated heterocycles. The Kier molecular flexibility index (Phi) is 29.5. The second-order valence-electron chi connectivity index (χ2n) is 2.57. The first kappa shape index (κ1) is 26.5. The number of hydrogen-bond acceptors (Lipinski definition) is 3. The Hall–Kier alpha value is -2.00. The summed E-state index contributed by atoms with van der Waals surface area (Å²) in [6.45, 7) is 14.8. The molecule has 0 aliphatic heterocycles. The predicted octanol–water partition coefficient (Wildman–Crippen LogP) is 1.96. The van der Waals surface area contributed by atoms with Crippen LogP contribution in [0.4, 0.5) is 0 Å². The number of carbonyl (C=O) groups is 1. The van der Waals surface area contributed by atoms with E-state index in [1.54, 1.807) is 18.2 Å². The first-order valence-electron chi connectivity index (χ1n) is 4.44. The molecule has 0 aromatic rings. The van der Waals surface area contributed by atoms with Gasteiger partial charge in [-0.3, -0.25) is 4.79 Å². The maximum atomic E-state index is 10.5. The van der Waals surface area contributed by atoms with E-state index in [0.29, 0.717) is 12.2 Å². The molecule has 0 aromatic carbocycles. The SMILES string of the molecule is CC(=O)OC1=CC[C@@H](N=[N+]=[N-])C=C1.[C-]#[O+].[C-]#[O+].[C-]#[O+].[Fe]. The maximum Gasteiger partial charge on any atom is 0 e. The molecule has 0 N–H and O–H groups in total. The summed E-state index contributed by atoms with van der Waals surface area (Å²) in [5, 5.41) is 3.51.